The molecule has 35 heavy (non-hydrogen) atoms. The Bertz CT molecular complexity index is 1180. The highest BCUT2D eigenvalue weighted by Gasteiger charge is 2.27. The molecular weight excluding hydrogens is 444 g/mol. The lowest BCUT2D eigenvalue weighted by atomic mass is 9.80. The Morgan fingerprint density at radius 2 is 1.89 bits per heavy atom. The van der Waals surface area contributed by atoms with Crippen molar-refractivity contribution in [3.8, 4) is 5.75 Å². The highest BCUT2D eigenvalue weighted by atomic mass is 16.5. The molecule has 1 aliphatic rings. The molecule has 1 amide bonds. The number of methoxy groups -OCH3 is 1. The number of aliphatic hydroxyl groups excluding tert-OH is 1. The zero-order valence-electron chi connectivity index (χ0n) is 20.4. The third kappa shape index (κ3) is 5.71. The molecule has 3 aromatic rings. The molecule has 4 rings (SSSR count). The number of imidazole rings is 1. The van der Waals surface area contributed by atoms with Gasteiger partial charge in [0.25, 0.3) is 5.91 Å². The summed E-state index contributed by atoms with van der Waals surface area (Å²) < 4.78 is 7.00. The third-order valence-corrected chi connectivity index (χ3v) is 6.93. The molecule has 1 unspecified atom stereocenters. The van der Waals surface area contributed by atoms with Crippen molar-refractivity contribution in [3.05, 3.63) is 53.6 Å². The molecule has 0 spiro atoms. The second kappa shape index (κ2) is 11.0. The molecule has 2 aromatic carbocycles. The Labute approximate surface area is 205 Å². The fourth-order valence-electron chi connectivity index (χ4n) is 4.82. The minimum Gasteiger partial charge on any atom is -0.497 e. The van der Waals surface area contributed by atoms with Gasteiger partial charge in [0.15, 0.2) is 0 Å². The number of nitrogens with one attached hydrogen (secondary N) is 1. The van der Waals surface area contributed by atoms with Gasteiger partial charge in [-0.25, -0.2) is 4.98 Å². The summed E-state index contributed by atoms with van der Waals surface area (Å²) in [4.78, 5) is 30.7. The van der Waals surface area contributed by atoms with Crippen molar-refractivity contribution in [1.82, 2.24) is 9.55 Å². The maximum Gasteiger partial charge on any atom is 0.257 e. The first-order valence-corrected chi connectivity index (χ1v) is 12.3. The number of hydrogen-bond acceptors (Lipinski definition) is 6. The number of nitrogens with two attached hydrogens (primary N) is 1. The van der Waals surface area contributed by atoms with Gasteiger partial charge in [0.05, 0.1) is 18.1 Å². The normalized spacial score (nSPS) is 16.1. The fourth-order valence-corrected chi connectivity index (χ4v) is 4.82. The van der Waals surface area contributed by atoms with E-state index in [0.717, 1.165) is 36.8 Å². The van der Waals surface area contributed by atoms with E-state index in [1.165, 1.54) is 6.42 Å². The molecule has 0 saturated heterocycles. The summed E-state index contributed by atoms with van der Waals surface area (Å²) in [5.41, 5.74) is 8.45. The topological polar surface area (TPSA) is 119 Å². The molecule has 1 aliphatic carbocycles. The summed E-state index contributed by atoms with van der Waals surface area (Å²) in [6.07, 6.45) is 4.73. The Balaban J connectivity index is 1.61. The van der Waals surface area contributed by atoms with Crippen molar-refractivity contribution >= 4 is 28.7 Å². The van der Waals surface area contributed by atoms with E-state index in [2.05, 4.69) is 10.3 Å². The number of anilines is 1. The van der Waals surface area contributed by atoms with Crippen molar-refractivity contribution in [2.24, 2.45) is 11.7 Å². The first kappa shape index (κ1) is 24.9. The Kier molecular flexibility index (Phi) is 7.83. The first-order chi connectivity index (χ1) is 16.9. The predicted molar refractivity (Wildman–Crippen MR) is 135 cm³/mol. The average Bonchev–Trinajstić information content (AvgIpc) is 3.22. The molecule has 0 bridgehead atoms. The maximum atomic E-state index is 13.1. The zero-order valence-corrected chi connectivity index (χ0v) is 20.4. The van der Waals surface area contributed by atoms with E-state index in [1.807, 2.05) is 29.7 Å². The van der Waals surface area contributed by atoms with Crippen molar-refractivity contribution in [2.75, 3.05) is 12.4 Å². The number of aryl methyl sites for hydroxylation is 1. The lowest BCUT2D eigenvalue weighted by molar-refractivity contribution is -0.124. The maximum absolute atomic E-state index is 13.1. The highest BCUT2D eigenvalue weighted by molar-refractivity contribution is 6.04. The summed E-state index contributed by atoms with van der Waals surface area (Å²) >= 11 is 0. The summed E-state index contributed by atoms with van der Waals surface area (Å²) in [7, 11) is 1.57. The highest BCUT2D eigenvalue weighted by Crippen LogP contribution is 2.32. The summed E-state index contributed by atoms with van der Waals surface area (Å²) in [5.74, 6) is 0.939. The van der Waals surface area contributed by atoms with Crippen LogP contribution in [-0.2, 0) is 11.3 Å². The third-order valence-electron chi connectivity index (χ3n) is 6.93. The Hall–Kier alpha value is -3.23. The van der Waals surface area contributed by atoms with Crippen LogP contribution in [0.5, 0.6) is 5.75 Å². The standard InChI is InChI=1S/C27H34N4O4/c1-17(25(33)18-6-4-3-5-7-18)20-10-13-23-22(16-20)29-27(31(23)15-14-24(28)32)30-26(34)19-8-11-21(35-2)12-9-19/h8-13,16-18,24,32H,3-7,14-15,28H2,1-2H3,(H,29,30,34)/t17?,24-/m0/s1. The van der Waals surface area contributed by atoms with E-state index >= 15 is 0 Å². The second-order valence-electron chi connectivity index (χ2n) is 9.33. The number of hydrogen-bond donors (Lipinski definition) is 3. The SMILES string of the molecule is COc1ccc(C(=O)Nc2nc3cc(C(C)C(=O)C4CCCCC4)ccc3n2CC[C@@H](N)O)cc1. The van der Waals surface area contributed by atoms with Crippen molar-refractivity contribution in [1.29, 1.82) is 0 Å². The number of nitrogens with zero attached hydrogens (tertiary/aromatic N) is 2. The minimum atomic E-state index is -0.981. The fraction of sp³-hybridized carbons (Fsp3) is 0.444. The number of Topliss-reactive ketones (excluding diaryl/α,β-unsaturated/α-hetero) is 1. The number of fused-ring (bicyclic) bond motifs is 1. The second-order valence-corrected chi connectivity index (χ2v) is 9.33. The summed E-state index contributed by atoms with van der Waals surface area (Å²) in [6, 6.07) is 12.6. The molecule has 186 valence electrons. The number of aromatic nitrogens is 2. The summed E-state index contributed by atoms with van der Waals surface area (Å²) in [5, 5.41) is 12.5. The lowest BCUT2D eigenvalue weighted by Gasteiger charge is -2.23. The molecule has 1 saturated carbocycles. The van der Waals surface area contributed by atoms with Gasteiger partial charge in [0.1, 0.15) is 17.8 Å². The van der Waals surface area contributed by atoms with Gasteiger partial charge in [-0.2, -0.15) is 0 Å². The van der Waals surface area contributed by atoms with Crippen LogP contribution in [0.25, 0.3) is 11.0 Å². The van der Waals surface area contributed by atoms with Crippen LogP contribution < -0.4 is 15.8 Å². The molecule has 1 fully saturated rings. The number of benzene rings is 2. The number of ether oxygens (including phenoxy) is 1. The monoisotopic (exact) mass is 478 g/mol. The van der Waals surface area contributed by atoms with Crippen LogP contribution in [0.4, 0.5) is 5.95 Å². The van der Waals surface area contributed by atoms with Crippen molar-refractivity contribution in [3.63, 3.8) is 0 Å². The van der Waals surface area contributed by atoms with E-state index in [1.54, 1.807) is 31.4 Å². The van der Waals surface area contributed by atoms with Gasteiger partial charge in [-0.1, -0.05) is 32.3 Å². The number of carbonyl (C=O) groups is 2. The zero-order chi connectivity index (χ0) is 24.9. The van der Waals surface area contributed by atoms with Gasteiger partial charge in [-0.05, 0) is 54.8 Å². The van der Waals surface area contributed by atoms with Gasteiger partial charge in [0, 0.05) is 30.4 Å². The number of aliphatic hydroxyl groups is 1. The van der Waals surface area contributed by atoms with E-state index in [4.69, 9.17) is 10.5 Å². The van der Waals surface area contributed by atoms with E-state index in [9.17, 15) is 14.7 Å². The van der Waals surface area contributed by atoms with Crippen LogP contribution in [0.1, 0.15) is 67.3 Å². The van der Waals surface area contributed by atoms with Crippen LogP contribution in [0.3, 0.4) is 0 Å². The predicted octanol–water partition coefficient (Wildman–Crippen LogP) is 4.22. The van der Waals surface area contributed by atoms with Gasteiger partial charge in [-0.15, -0.1) is 0 Å². The number of rotatable bonds is 9. The van der Waals surface area contributed by atoms with Crippen LogP contribution in [0.15, 0.2) is 42.5 Å². The van der Waals surface area contributed by atoms with Crippen molar-refractivity contribution < 1.29 is 19.4 Å². The molecule has 4 N–H and O–H groups in total. The van der Waals surface area contributed by atoms with Gasteiger partial charge in [-0.3, -0.25) is 14.9 Å². The molecule has 0 aliphatic heterocycles. The molecule has 1 aromatic heterocycles. The molecule has 1 heterocycles. The molecule has 2 atom stereocenters. The number of amides is 1. The van der Waals surface area contributed by atoms with E-state index < -0.39 is 6.23 Å². The summed E-state index contributed by atoms with van der Waals surface area (Å²) in [6.45, 7) is 2.34. The number of carbonyl (C=O) groups excluding carboxylic acids is 2. The van der Waals surface area contributed by atoms with Gasteiger partial charge >= 0.3 is 0 Å². The molecule has 8 heteroatoms. The molecule has 0 radical (unpaired) electrons. The van der Waals surface area contributed by atoms with Crippen LogP contribution in [-0.4, -0.2) is 39.7 Å². The first-order valence-electron chi connectivity index (χ1n) is 12.3. The smallest absolute Gasteiger partial charge is 0.257 e. The van der Waals surface area contributed by atoms with Crippen molar-refractivity contribution in [2.45, 2.75) is 64.1 Å². The van der Waals surface area contributed by atoms with Gasteiger partial charge < -0.3 is 20.1 Å². The van der Waals surface area contributed by atoms with E-state index in [-0.39, 0.29) is 17.7 Å². The molecule has 8 nitrogen and oxygen atoms in total. The van der Waals surface area contributed by atoms with Crippen LogP contribution in [0.2, 0.25) is 0 Å². The van der Waals surface area contributed by atoms with Crippen LogP contribution in [0, 0.1) is 5.92 Å². The Morgan fingerprint density at radius 1 is 1.17 bits per heavy atom. The molecular formula is C27H34N4O4. The number of ketones is 1. The Morgan fingerprint density at radius 3 is 2.54 bits per heavy atom. The van der Waals surface area contributed by atoms with Gasteiger partial charge in [0.2, 0.25) is 5.95 Å². The minimum absolute atomic E-state index is 0.136. The quantitative estimate of drug-likeness (QED) is 0.396. The lowest BCUT2D eigenvalue weighted by Crippen LogP contribution is -2.22. The largest absolute Gasteiger partial charge is 0.497 e. The van der Waals surface area contributed by atoms with Crippen LogP contribution >= 0.6 is 0 Å². The average molecular weight is 479 g/mol. The van der Waals surface area contributed by atoms with E-state index in [0.29, 0.717) is 41.5 Å².